The van der Waals surface area contributed by atoms with E-state index in [4.69, 9.17) is 9.26 Å². The predicted molar refractivity (Wildman–Crippen MR) is 122 cm³/mol. The molecule has 2 aromatic carbocycles. The zero-order chi connectivity index (χ0) is 23.5. The van der Waals surface area contributed by atoms with E-state index in [1.54, 1.807) is 37.3 Å². The molecule has 0 aliphatic heterocycles. The molecule has 0 bridgehead atoms. The first-order chi connectivity index (χ1) is 15.8. The molecule has 0 aliphatic carbocycles. The van der Waals surface area contributed by atoms with Crippen LogP contribution in [-0.4, -0.2) is 34.4 Å². The summed E-state index contributed by atoms with van der Waals surface area (Å²) in [7, 11) is 0. The number of fused-ring (bicyclic) bond motifs is 1. The van der Waals surface area contributed by atoms with E-state index in [-0.39, 0.29) is 17.1 Å². The van der Waals surface area contributed by atoms with Gasteiger partial charge in [-0.05, 0) is 39.0 Å². The molecule has 0 aliphatic rings. The number of Topliss-reactive ketones (excluding diaryl/α,β-unsaturated/α-hetero) is 1. The fraction of sp³-hybridized carbons (Fsp3) is 0.160. The number of nitrogens with zero attached hydrogens (tertiary/aromatic N) is 2. The maximum absolute atomic E-state index is 12.9. The van der Waals surface area contributed by atoms with Gasteiger partial charge in [-0.2, -0.15) is 0 Å². The predicted octanol–water partition coefficient (Wildman–Crippen LogP) is 4.50. The van der Waals surface area contributed by atoms with Crippen LogP contribution >= 0.6 is 0 Å². The number of ketones is 1. The molecule has 0 atom stereocenters. The summed E-state index contributed by atoms with van der Waals surface area (Å²) < 4.78 is 10.6. The quantitative estimate of drug-likeness (QED) is 0.345. The Morgan fingerprint density at radius 2 is 1.79 bits per heavy atom. The van der Waals surface area contributed by atoms with Gasteiger partial charge in [0.15, 0.2) is 12.4 Å². The Labute approximate surface area is 189 Å². The Morgan fingerprint density at radius 1 is 1.03 bits per heavy atom. The van der Waals surface area contributed by atoms with Crippen molar-refractivity contribution in [2.75, 3.05) is 11.9 Å². The van der Waals surface area contributed by atoms with Gasteiger partial charge < -0.3 is 14.6 Å². The first-order valence-electron chi connectivity index (χ1n) is 10.2. The molecule has 4 aromatic rings. The van der Waals surface area contributed by atoms with Crippen molar-refractivity contribution in [1.82, 2.24) is 10.1 Å². The van der Waals surface area contributed by atoms with Gasteiger partial charge in [-0.15, -0.1) is 0 Å². The standard InChI is InChI=1S/C25H21N3O5/c1-14-7-9-17(10-8-14)21-12-20(23-15(2)28-33-24(23)27-21)25(31)32-13-22(30)26-19-6-4-5-18(11-19)16(3)29/h4-12H,13H2,1-3H3,(H,26,30). The van der Waals surface area contributed by atoms with Crippen LogP contribution in [0, 0.1) is 13.8 Å². The topological polar surface area (TPSA) is 111 Å². The number of carbonyl (C=O) groups excluding carboxylic acids is 3. The summed E-state index contributed by atoms with van der Waals surface area (Å²) >= 11 is 0. The Balaban J connectivity index is 1.54. The molecule has 0 fully saturated rings. The highest BCUT2D eigenvalue weighted by atomic mass is 16.5. The van der Waals surface area contributed by atoms with Crippen molar-refractivity contribution in [2.24, 2.45) is 0 Å². The smallest absolute Gasteiger partial charge is 0.339 e. The summed E-state index contributed by atoms with van der Waals surface area (Å²) in [5, 5.41) is 6.96. The van der Waals surface area contributed by atoms with E-state index < -0.39 is 18.5 Å². The van der Waals surface area contributed by atoms with Crippen molar-refractivity contribution < 1.29 is 23.6 Å². The number of aryl methyl sites for hydroxylation is 2. The van der Waals surface area contributed by atoms with Crippen LogP contribution in [0.2, 0.25) is 0 Å². The Morgan fingerprint density at radius 3 is 2.52 bits per heavy atom. The van der Waals surface area contributed by atoms with Crippen molar-refractivity contribution >= 4 is 34.4 Å². The molecule has 8 nitrogen and oxygen atoms in total. The number of hydrogen-bond donors (Lipinski definition) is 1. The van der Waals surface area contributed by atoms with Gasteiger partial charge in [-0.3, -0.25) is 9.59 Å². The number of hydrogen-bond acceptors (Lipinski definition) is 7. The second-order valence-electron chi connectivity index (χ2n) is 7.63. The number of anilines is 1. The number of rotatable bonds is 6. The summed E-state index contributed by atoms with van der Waals surface area (Å²) in [6, 6.07) is 15.8. The SMILES string of the molecule is CC(=O)c1cccc(NC(=O)COC(=O)c2cc(-c3ccc(C)cc3)nc3onc(C)c23)c1. The van der Waals surface area contributed by atoms with E-state index in [0.29, 0.717) is 28.0 Å². The number of pyridine rings is 1. The molecule has 0 saturated carbocycles. The van der Waals surface area contributed by atoms with E-state index in [1.165, 1.54) is 6.92 Å². The van der Waals surface area contributed by atoms with E-state index in [2.05, 4.69) is 15.5 Å². The van der Waals surface area contributed by atoms with Crippen LogP contribution in [0.3, 0.4) is 0 Å². The van der Waals surface area contributed by atoms with Crippen molar-refractivity contribution in [3.63, 3.8) is 0 Å². The van der Waals surface area contributed by atoms with Gasteiger partial charge in [0.2, 0.25) is 0 Å². The number of esters is 1. The minimum atomic E-state index is -0.699. The third-order valence-electron chi connectivity index (χ3n) is 5.07. The zero-order valence-electron chi connectivity index (χ0n) is 18.3. The fourth-order valence-corrected chi connectivity index (χ4v) is 3.35. The maximum atomic E-state index is 12.9. The molecule has 0 saturated heterocycles. The molecule has 0 spiro atoms. The van der Waals surface area contributed by atoms with E-state index in [0.717, 1.165) is 11.1 Å². The number of benzene rings is 2. The summed E-state index contributed by atoms with van der Waals surface area (Å²) in [5.41, 5.74) is 4.23. The highest BCUT2D eigenvalue weighted by molar-refractivity contribution is 6.05. The number of carbonyl (C=O) groups is 3. The number of ether oxygens (including phenoxy) is 1. The molecule has 4 rings (SSSR count). The molecule has 2 aromatic heterocycles. The summed E-state index contributed by atoms with van der Waals surface area (Å²) in [6.45, 7) is 4.61. The molecule has 1 N–H and O–H groups in total. The van der Waals surface area contributed by atoms with E-state index >= 15 is 0 Å². The van der Waals surface area contributed by atoms with Crippen LogP contribution < -0.4 is 5.32 Å². The molecule has 8 heteroatoms. The van der Waals surface area contributed by atoms with Gasteiger partial charge in [0, 0.05) is 16.8 Å². The van der Waals surface area contributed by atoms with Crippen molar-refractivity contribution in [3.8, 4) is 11.3 Å². The number of amides is 1. The monoisotopic (exact) mass is 443 g/mol. The lowest BCUT2D eigenvalue weighted by atomic mass is 10.0. The summed E-state index contributed by atoms with van der Waals surface area (Å²) in [5.74, 6) is -1.35. The lowest BCUT2D eigenvalue weighted by Gasteiger charge is -2.09. The third-order valence-corrected chi connectivity index (χ3v) is 5.07. The molecule has 1 amide bonds. The van der Waals surface area contributed by atoms with Crippen LogP contribution in [0.25, 0.3) is 22.4 Å². The fourth-order valence-electron chi connectivity index (χ4n) is 3.35. The van der Waals surface area contributed by atoms with Crippen LogP contribution in [0.5, 0.6) is 0 Å². The lowest BCUT2D eigenvalue weighted by Crippen LogP contribution is -2.21. The second kappa shape index (κ2) is 9.04. The minimum absolute atomic E-state index is 0.118. The molecule has 33 heavy (non-hydrogen) atoms. The average molecular weight is 443 g/mol. The maximum Gasteiger partial charge on any atom is 0.339 e. The molecular weight excluding hydrogens is 422 g/mol. The van der Waals surface area contributed by atoms with Crippen molar-refractivity contribution in [1.29, 1.82) is 0 Å². The van der Waals surface area contributed by atoms with Crippen molar-refractivity contribution in [2.45, 2.75) is 20.8 Å². The van der Waals surface area contributed by atoms with Crippen LogP contribution in [0.1, 0.15) is 38.9 Å². The highest BCUT2D eigenvalue weighted by Crippen LogP contribution is 2.27. The van der Waals surface area contributed by atoms with Gasteiger partial charge >= 0.3 is 5.97 Å². The Kier molecular flexibility index (Phi) is 5.99. The first kappa shape index (κ1) is 21.9. The lowest BCUT2D eigenvalue weighted by molar-refractivity contribution is -0.119. The Hall–Kier alpha value is -4.33. The molecule has 0 radical (unpaired) electrons. The molecular formula is C25H21N3O5. The van der Waals surface area contributed by atoms with Gasteiger partial charge in [0.25, 0.3) is 11.6 Å². The van der Waals surface area contributed by atoms with Crippen LogP contribution in [0.15, 0.2) is 59.1 Å². The minimum Gasteiger partial charge on any atom is -0.452 e. The van der Waals surface area contributed by atoms with Crippen LogP contribution in [-0.2, 0) is 9.53 Å². The van der Waals surface area contributed by atoms with Gasteiger partial charge in [-0.1, -0.05) is 47.1 Å². The highest BCUT2D eigenvalue weighted by Gasteiger charge is 2.21. The summed E-state index contributed by atoms with van der Waals surface area (Å²) in [6.07, 6.45) is 0. The molecule has 166 valence electrons. The van der Waals surface area contributed by atoms with Crippen LogP contribution in [0.4, 0.5) is 5.69 Å². The van der Waals surface area contributed by atoms with Crippen molar-refractivity contribution in [3.05, 3.63) is 77.0 Å². The Bertz CT molecular complexity index is 1370. The zero-order valence-corrected chi connectivity index (χ0v) is 18.3. The second-order valence-corrected chi connectivity index (χ2v) is 7.63. The largest absolute Gasteiger partial charge is 0.452 e. The van der Waals surface area contributed by atoms with Gasteiger partial charge in [0.05, 0.1) is 22.3 Å². The molecule has 0 unspecified atom stereocenters. The number of nitrogens with one attached hydrogen (secondary N) is 1. The summed E-state index contributed by atoms with van der Waals surface area (Å²) in [4.78, 5) is 41.2. The first-order valence-corrected chi connectivity index (χ1v) is 10.2. The normalized spacial score (nSPS) is 10.8. The third kappa shape index (κ3) is 4.79. The van der Waals surface area contributed by atoms with Gasteiger partial charge in [-0.25, -0.2) is 9.78 Å². The average Bonchev–Trinajstić information content (AvgIpc) is 3.18. The molecule has 2 heterocycles. The van der Waals surface area contributed by atoms with E-state index in [9.17, 15) is 14.4 Å². The van der Waals surface area contributed by atoms with Gasteiger partial charge in [0.1, 0.15) is 0 Å². The number of aromatic nitrogens is 2. The van der Waals surface area contributed by atoms with E-state index in [1.807, 2.05) is 31.2 Å².